The number of hydrogen-bond donors (Lipinski definition) is 1. The van der Waals surface area contributed by atoms with Crippen LogP contribution in [0.4, 0.5) is 5.69 Å². The Morgan fingerprint density at radius 1 is 1.04 bits per heavy atom. The van der Waals surface area contributed by atoms with E-state index in [1.807, 2.05) is 18.2 Å². The van der Waals surface area contributed by atoms with E-state index in [-0.39, 0.29) is 29.7 Å². The van der Waals surface area contributed by atoms with Crippen LogP contribution in [-0.4, -0.2) is 45.0 Å². The molecule has 1 saturated heterocycles. The van der Waals surface area contributed by atoms with Crippen molar-refractivity contribution in [3.05, 3.63) is 18.2 Å². The Morgan fingerprint density at radius 3 is 2.29 bits per heavy atom. The van der Waals surface area contributed by atoms with Crippen molar-refractivity contribution in [3.8, 4) is 11.5 Å². The van der Waals surface area contributed by atoms with Crippen LogP contribution < -0.4 is 19.7 Å². The van der Waals surface area contributed by atoms with E-state index in [2.05, 4.69) is 10.2 Å². The SMILES string of the molecule is COc1cc(OC)cc(N2CCC(NC(=O)C3CC4CCCC(C3)C4=O)C2)c1. The molecule has 1 heterocycles. The van der Waals surface area contributed by atoms with Gasteiger partial charge < -0.3 is 19.7 Å². The first-order valence-electron chi connectivity index (χ1n) is 10.4. The molecule has 3 aliphatic rings. The van der Waals surface area contributed by atoms with Gasteiger partial charge in [-0.1, -0.05) is 6.42 Å². The van der Waals surface area contributed by atoms with Gasteiger partial charge in [0.05, 0.1) is 14.2 Å². The Balaban J connectivity index is 1.36. The largest absolute Gasteiger partial charge is 0.497 e. The monoisotopic (exact) mass is 386 g/mol. The zero-order valence-corrected chi connectivity index (χ0v) is 16.8. The molecule has 152 valence electrons. The van der Waals surface area contributed by atoms with Crippen molar-refractivity contribution in [3.63, 3.8) is 0 Å². The van der Waals surface area contributed by atoms with E-state index in [9.17, 15) is 9.59 Å². The number of benzene rings is 1. The zero-order valence-electron chi connectivity index (χ0n) is 16.8. The molecule has 6 nitrogen and oxygen atoms in total. The molecule has 28 heavy (non-hydrogen) atoms. The third-order valence-electron chi connectivity index (χ3n) is 6.65. The number of ketones is 1. The molecule has 2 aliphatic carbocycles. The molecule has 6 heteroatoms. The summed E-state index contributed by atoms with van der Waals surface area (Å²) < 4.78 is 10.7. The summed E-state index contributed by atoms with van der Waals surface area (Å²) in [5.74, 6) is 2.31. The topological polar surface area (TPSA) is 67.9 Å². The van der Waals surface area contributed by atoms with E-state index >= 15 is 0 Å². The van der Waals surface area contributed by atoms with Crippen LogP contribution in [0.15, 0.2) is 18.2 Å². The van der Waals surface area contributed by atoms with Crippen LogP contribution in [0.1, 0.15) is 38.5 Å². The number of Topliss-reactive ketones (excluding diaryl/α,β-unsaturated/α-hetero) is 1. The van der Waals surface area contributed by atoms with Crippen LogP contribution in [0.3, 0.4) is 0 Å². The van der Waals surface area contributed by atoms with Gasteiger partial charge in [0.2, 0.25) is 5.91 Å². The molecule has 2 bridgehead atoms. The molecule has 3 fully saturated rings. The molecule has 1 amide bonds. The summed E-state index contributed by atoms with van der Waals surface area (Å²) in [5.41, 5.74) is 1.05. The molecule has 1 aliphatic heterocycles. The minimum absolute atomic E-state index is 0.000960. The molecule has 2 saturated carbocycles. The number of carbonyl (C=O) groups excluding carboxylic acids is 2. The van der Waals surface area contributed by atoms with Crippen molar-refractivity contribution < 1.29 is 19.1 Å². The Bertz CT molecular complexity index is 712. The van der Waals surface area contributed by atoms with Gasteiger partial charge in [-0.05, 0) is 32.1 Å². The minimum atomic E-state index is -0.000960. The third kappa shape index (κ3) is 3.82. The van der Waals surface area contributed by atoms with Crippen molar-refractivity contribution in [2.75, 3.05) is 32.2 Å². The number of ether oxygens (including phenoxy) is 2. The highest BCUT2D eigenvalue weighted by atomic mass is 16.5. The van der Waals surface area contributed by atoms with Gasteiger partial charge in [0.15, 0.2) is 0 Å². The molecule has 0 spiro atoms. The second-order valence-corrected chi connectivity index (χ2v) is 8.41. The van der Waals surface area contributed by atoms with Gasteiger partial charge in [0.1, 0.15) is 17.3 Å². The molecular formula is C22H30N2O4. The first-order valence-corrected chi connectivity index (χ1v) is 10.4. The lowest BCUT2D eigenvalue weighted by Gasteiger charge is -2.37. The maximum atomic E-state index is 12.9. The lowest BCUT2D eigenvalue weighted by atomic mass is 9.67. The van der Waals surface area contributed by atoms with Gasteiger partial charge in [-0.3, -0.25) is 9.59 Å². The van der Waals surface area contributed by atoms with Crippen molar-refractivity contribution in [2.24, 2.45) is 17.8 Å². The average molecular weight is 386 g/mol. The fourth-order valence-electron chi connectivity index (χ4n) is 5.10. The maximum Gasteiger partial charge on any atom is 0.223 e. The average Bonchev–Trinajstić information content (AvgIpc) is 3.15. The number of rotatable bonds is 5. The summed E-state index contributed by atoms with van der Waals surface area (Å²) in [6, 6.07) is 6.00. The predicted octanol–water partition coefficient (Wildman–Crippen LogP) is 2.79. The molecule has 3 unspecified atom stereocenters. The van der Waals surface area contributed by atoms with E-state index in [1.54, 1.807) is 14.2 Å². The standard InChI is InChI=1S/C22H30N2O4/c1-27-19-10-18(11-20(12-19)28-2)24-7-6-17(13-24)23-22(26)16-8-14-4-3-5-15(9-16)21(14)25/h10-12,14-17H,3-9,13H2,1-2H3,(H,23,26). The highest BCUT2D eigenvalue weighted by Gasteiger charge is 2.41. The number of amides is 1. The second kappa shape index (κ2) is 8.02. The van der Waals surface area contributed by atoms with Gasteiger partial charge in [-0.2, -0.15) is 0 Å². The minimum Gasteiger partial charge on any atom is -0.497 e. The summed E-state index contributed by atoms with van der Waals surface area (Å²) in [5, 5.41) is 3.26. The van der Waals surface area contributed by atoms with Crippen molar-refractivity contribution in [1.82, 2.24) is 5.32 Å². The number of nitrogens with zero attached hydrogens (tertiary/aromatic N) is 1. The first-order chi connectivity index (χ1) is 13.6. The number of carbonyl (C=O) groups is 2. The van der Waals surface area contributed by atoms with Gasteiger partial charge in [-0.15, -0.1) is 0 Å². The molecule has 0 radical (unpaired) electrons. The van der Waals surface area contributed by atoms with Gasteiger partial charge in [0.25, 0.3) is 0 Å². The third-order valence-corrected chi connectivity index (χ3v) is 6.65. The lowest BCUT2D eigenvalue weighted by molar-refractivity contribution is -0.137. The summed E-state index contributed by atoms with van der Waals surface area (Å²) >= 11 is 0. The molecular weight excluding hydrogens is 356 g/mol. The van der Waals surface area contributed by atoms with Gasteiger partial charge in [0, 0.05) is 60.8 Å². The zero-order chi connectivity index (χ0) is 19.7. The molecule has 1 aromatic rings. The van der Waals surface area contributed by atoms with E-state index in [0.717, 1.165) is 68.8 Å². The quantitative estimate of drug-likeness (QED) is 0.843. The Hall–Kier alpha value is -2.24. The molecule has 1 aromatic carbocycles. The number of hydrogen-bond acceptors (Lipinski definition) is 5. The van der Waals surface area contributed by atoms with Crippen LogP contribution in [-0.2, 0) is 9.59 Å². The van der Waals surface area contributed by atoms with E-state index in [0.29, 0.717) is 5.78 Å². The van der Waals surface area contributed by atoms with Gasteiger partial charge in [-0.25, -0.2) is 0 Å². The summed E-state index contributed by atoms with van der Waals surface area (Å²) in [6.07, 6.45) is 5.47. The summed E-state index contributed by atoms with van der Waals surface area (Å²) in [4.78, 5) is 27.4. The van der Waals surface area contributed by atoms with Gasteiger partial charge >= 0.3 is 0 Å². The molecule has 0 aromatic heterocycles. The number of nitrogens with one attached hydrogen (secondary N) is 1. The molecule has 3 atom stereocenters. The smallest absolute Gasteiger partial charge is 0.223 e. The normalized spacial score (nSPS) is 29.5. The number of anilines is 1. The fraction of sp³-hybridized carbons (Fsp3) is 0.636. The van der Waals surface area contributed by atoms with Crippen molar-refractivity contribution in [1.29, 1.82) is 0 Å². The Morgan fingerprint density at radius 2 is 1.68 bits per heavy atom. The summed E-state index contributed by atoms with van der Waals surface area (Å²) in [6.45, 7) is 1.66. The highest BCUT2D eigenvalue weighted by Crippen LogP contribution is 2.40. The number of methoxy groups -OCH3 is 2. The second-order valence-electron chi connectivity index (χ2n) is 8.41. The van der Waals surface area contributed by atoms with Crippen molar-refractivity contribution >= 4 is 17.4 Å². The maximum absolute atomic E-state index is 12.9. The van der Waals surface area contributed by atoms with E-state index in [1.165, 1.54) is 0 Å². The number of fused-ring (bicyclic) bond motifs is 2. The molecule has 1 N–H and O–H groups in total. The van der Waals surface area contributed by atoms with Crippen molar-refractivity contribution in [2.45, 2.75) is 44.6 Å². The fourth-order valence-corrected chi connectivity index (χ4v) is 5.10. The first kappa shape index (κ1) is 19.1. The van der Waals surface area contributed by atoms with Crippen LogP contribution in [0.2, 0.25) is 0 Å². The summed E-state index contributed by atoms with van der Waals surface area (Å²) in [7, 11) is 3.30. The van der Waals surface area contributed by atoms with Crippen LogP contribution >= 0.6 is 0 Å². The van der Waals surface area contributed by atoms with E-state index in [4.69, 9.17) is 9.47 Å². The highest BCUT2D eigenvalue weighted by molar-refractivity contribution is 5.88. The van der Waals surface area contributed by atoms with E-state index < -0.39 is 0 Å². The predicted molar refractivity (Wildman–Crippen MR) is 107 cm³/mol. The van der Waals surface area contributed by atoms with Crippen LogP contribution in [0, 0.1) is 17.8 Å². The molecule has 4 rings (SSSR count). The lowest BCUT2D eigenvalue weighted by Crippen LogP contribution is -2.46. The van der Waals surface area contributed by atoms with Crippen LogP contribution in [0.5, 0.6) is 11.5 Å². The Kier molecular flexibility index (Phi) is 5.47. The van der Waals surface area contributed by atoms with Crippen LogP contribution in [0.25, 0.3) is 0 Å². The Labute approximate surface area is 166 Å².